The summed E-state index contributed by atoms with van der Waals surface area (Å²) < 4.78 is 0. The molecule has 0 saturated carbocycles. The van der Waals surface area contributed by atoms with Crippen LogP contribution in [0.4, 0.5) is 0 Å². The van der Waals surface area contributed by atoms with Gasteiger partial charge in [0.15, 0.2) is 0 Å². The second-order valence-corrected chi connectivity index (χ2v) is 1.46. The largest absolute Gasteiger partial charge is 0.493 e. The molecule has 1 aromatic rings. The van der Waals surface area contributed by atoms with Crippen molar-refractivity contribution >= 4 is 0 Å². The van der Waals surface area contributed by atoms with Crippen molar-refractivity contribution in [3.63, 3.8) is 0 Å². The number of hydrogen-bond acceptors (Lipinski definition) is 2. The van der Waals surface area contributed by atoms with Crippen LogP contribution in [-0.4, -0.2) is 10.2 Å². The van der Waals surface area contributed by atoms with Crippen molar-refractivity contribution in [1.29, 1.82) is 0 Å². The average molecular weight is 282 g/mol. The summed E-state index contributed by atoms with van der Waals surface area (Å²) in [4.78, 5) is 0. The van der Waals surface area contributed by atoms with Crippen molar-refractivity contribution in [3.05, 3.63) is 11.4 Å². The van der Waals surface area contributed by atoms with Crippen molar-refractivity contribution in [3.8, 4) is 0 Å². The van der Waals surface area contributed by atoms with E-state index in [2.05, 4.69) is 15.4 Å². The first-order chi connectivity index (χ1) is 3.30. The Morgan fingerprint density at radius 3 is 1.62 bits per heavy atom. The van der Waals surface area contributed by atoms with Crippen molar-refractivity contribution in [2.45, 2.75) is 13.8 Å². The Hall–Kier alpha value is -0.198. The second-order valence-electron chi connectivity index (χ2n) is 1.46. The summed E-state index contributed by atoms with van der Waals surface area (Å²) in [6.45, 7) is 3.77. The van der Waals surface area contributed by atoms with Crippen LogP contribution < -0.4 is 5.21 Å². The molecule has 8 heavy (non-hydrogen) atoms. The molecule has 1 heterocycles. The molecule has 0 aliphatic heterocycles. The van der Waals surface area contributed by atoms with Gasteiger partial charge in [-0.2, -0.15) is 0 Å². The zero-order chi connectivity index (χ0) is 5.28. The minimum Gasteiger partial charge on any atom is -0.493 e. The molecule has 0 fully saturated rings. The molecule has 45 valence electrons. The zero-order valence-corrected chi connectivity index (χ0v) is 7.44. The molecule has 0 aromatic carbocycles. The molecule has 0 aliphatic rings. The summed E-state index contributed by atoms with van der Waals surface area (Å²) in [6.07, 6.45) is 0. The van der Waals surface area contributed by atoms with Gasteiger partial charge in [-0.25, -0.2) is 0 Å². The van der Waals surface area contributed by atoms with Crippen LogP contribution in [0.25, 0.3) is 0 Å². The number of rotatable bonds is 0. The molecule has 3 nitrogen and oxygen atoms in total. The van der Waals surface area contributed by atoms with Gasteiger partial charge in [-0.15, -0.1) is 0 Å². The van der Waals surface area contributed by atoms with E-state index in [9.17, 15) is 0 Å². The van der Waals surface area contributed by atoms with E-state index in [1.54, 1.807) is 0 Å². The fraction of sp³-hybridized carbons (Fsp3) is 0.500. The summed E-state index contributed by atoms with van der Waals surface area (Å²) in [5, 5.41) is 10.7. The van der Waals surface area contributed by atoms with Crippen molar-refractivity contribution in [2.24, 2.45) is 0 Å². The Morgan fingerprint density at radius 2 is 1.50 bits per heavy atom. The maximum absolute atomic E-state index is 3.66. The first-order valence-electron chi connectivity index (χ1n) is 2.10. The van der Waals surface area contributed by atoms with E-state index >= 15 is 0 Å². The molecule has 1 aromatic heterocycles. The van der Waals surface area contributed by atoms with Gasteiger partial charge in [-0.1, -0.05) is 0 Å². The third kappa shape index (κ3) is 1.39. The topological polar surface area (TPSA) is 39.9 Å². The van der Waals surface area contributed by atoms with E-state index in [-0.39, 0.29) is 20.4 Å². The van der Waals surface area contributed by atoms with Crippen LogP contribution in [-0.2, 0) is 20.4 Å². The van der Waals surface area contributed by atoms with Gasteiger partial charge in [0.05, 0.1) is 0 Å². The van der Waals surface area contributed by atoms with Crippen LogP contribution in [0.15, 0.2) is 0 Å². The molecule has 0 saturated heterocycles. The first-order valence-corrected chi connectivity index (χ1v) is 2.10. The quantitative estimate of drug-likeness (QED) is 0.675. The Kier molecular flexibility index (Phi) is 2.88. The molecule has 0 amide bonds. The standard InChI is InChI=1S/C4H6N3.Re/c1-3-4(2)6-7-5-3;/h1-2H3;/q-1;. The smallest absolute Gasteiger partial charge is 0.0354 e. The number of aromatic nitrogens is 3. The van der Waals surface area contributed by atoms with E-state index in [0.717, 1.165) is 11.4 Å². The monoisotopic (exact) mass is 283 g/mol. The molecular weight excluding hydrogens is 276 g/mol. The van der Waals surface area contributed by atoms with Crippen LogP contribution in [0.5, 0.6) is 0 Å². The fourth-order valence-corrected chi connectivity index (χ4v) is 0.301. The first kappa shape index (κ1) is 7.80. The maximum Gasteiger partial charge on any atom is 0.0354 e. The number of hydrogen-bond donors (Lipinski definition) is 0. The number of aryl methyl sites for hydroxylation is 2. The van der Waals surface area contributed by atoms with Gasteiger partial charge in [0, 0.05) is 31.8 Å². The predicted octanol–water partition coefficient (Wildman–Crippen LogP) is 0.0481. The molecule has 0 bridgehead atoms. The summed E-state index contributed by atoms with van der Waals surface area (Å²) in [7, 11) is 0. The summed E-state index contributed by atoms with van der Waals surface area (Å²) in [5.74, 6) is 0. The molecule has 0 N–H and O–H groups in total. The van der Waals surface area contributed by atoms with Crippen molar-refractivity contribution in [1.82, 2.24) is 15.4 Å². The minimum atomic E-state index is 0. The van der Waals surface area contributed by atoms with Crippen LogP contribution >= 0.6 is 0 Å². The third-order valence-corrected chi connectivity index (χ3v) is 0.913. The molecule has 0 spiro atoms. The molecule has 0 aliphatic carbocycles. The Balaban J connectivity index is 0.000000490. The van der Waals surface area contributed by atoms with Crippen LogP contribution in [0.3, 0.4) is 0 Å². The third-order valence-electron chi connectivity index (χ3n) is 0.913. The SMILES string of the molecule is Cc1n[n-]nc1C.[Re]. The zero-order valence-electron chi connectivity index (χ0n) is 4.72. The summed E-state index contributed by atoms with van der Waals surface area (Å²) in [6, 6.07) is 0. The Morgan fingerprint density at radius 1 is 1.12 bits per heavy atom. The van der Waals surface area contributed by atoms with Gasteiger partial charge in [-0.3, -0.25) is 0 Å². The minimum absolute atomic E-state index is 0. The summed E-state index contributed by atoms with van der Waals surface area (Å²) >= 11 is 0. The van der Waals surface area contributed by atoms with E-state index in [1.165, 1.54) is 0 Å². The van der Waals surface area contributed by atoms with E-state index < -0.39 is 0 Å². The normalized spacial score (nSPS) is 8.25. The molecule has 1 rings (SSSR count). The Labute approximate surface area is 61.5 Å². The molecule has 1 radical (unpaired) electrons. The molecule has 0 atom stereocenters. The second kappa shape index (κ2) is 2.96. The molecular formula is C4H6N3Re-. The number of nitrogens with zero attached hydrogens (tertiary/aromatic N) is 3. The van der Waals surface area contributed by atoms with E-state index in [1.807, 2.05) is 13.8 Å². The van der Waals surface area contributed by atoms with Gasteiger partial charge < -0.3 is 15.4 Å². The molecule has 4 heteroatoms. The van der Waals surface area contributed by atoms with Crippen LogP contribution in [0.2, 0.25) is 0 Å². The van der Waals surface area contributed by atoms with Crippen LogP contribution in [0, 0.1) is 13.8 Å². The van der Waals surface area contributed by atoms with E-state index in [4.69, 9.17) is 0 Å². The van der Waals surface area contributed by atoms with Gasteiger partial charge in [0.2, 0.25) is 0 Å². The van der Waals surface area contributed by atoms with Gasteiger partial charge >= 0.3 is 0 Å². The van der Waals surface area contributed by atoms with Crippen LogP contribution in [0.1, 0.15) is 11.4 Å². The fourth-order valence-electron chi connectivity index (χ4n) is 0.301. The van der Waals surface area contributed by atoms with E-state index in [0.29, 0.717) is 0 Å². The predicted molar refractivity (Wildman–Crippen MR) is 24.8 cm³/mol. The molecule has 0 unspecified atom stereocenters. The Bertz CT molecular complexity index is 144. The van der Waals surface area contributed by atoms with Crippen molar-refractivity contribution < 1.29 is 20.4 Å². The van der Waals surface area contributed by atoms with Crippen molar-refractivity contribution in [2.75, 3.05) is 0 Å². The maximum atomic E-state index is 3.66. The van der Waals surface area contributed by atoms with Gasteiger partial charge in [-0.05, 0) is 13.8 Å². The van der Waals surface area contributed by atoms with Gasteiger partial charge in [0.1, 0.15) is 0 Å². The average Bonchev–Trinajstić information content (AvgIpc) is 1.91. The van der Waals surface area contributed by atoms with Gasteiger partial charge in [0.25, 0.3) is 0 Å². The summed E-state index contributed by atoms with van der Waals surface area (Å²) in [5.41, 5.74) is 1.83.